The molecule has 2 aromatic rings. The van der Waals surface area contributed by atoms with Gasteiger partial charge in [-0.3, -0.25) is 14.4 Å². The third-order valence-corrected chi connectivity index (χ3v) is 7.54. The number of carboxylic acid groups (broad SMARTS) is 1. The molecule has 4 rings (SSSR count). The van der Waals surface area contributed by atoms with Crippen LogP contribution >= 0.6 is 0 Å². The molecule has 0 radical (unpaired) electrons. The molecule has 204 valence electrons. The summed E-state index contributed by atoms with van der Waals surface area (Å²) in [5.74, 6) is 0.0210. The molecule has 8 heteroatoms. The summed E-state index contributed by atoms with van der Waals surface area (Å²) in [7, 11) is 0. The van der Waals surface area contributed by atoms with E-state index in [2.05, 4.69) is 5.32 Å². The molecule has 0 heterocycles. The molecule has 0 saturated heterocycles. The summed E-state index contributed by atoms with van der Waals surface area (Å²) in [6, 6.07) is 13.1. The quantitative estimate of drug-likeness (QED) is 0.294. The smallest absolute Gasteiger partial charge is 0.306 e. The summed E-state index contributed by atoms with van der Waals surface area (Å²) in [6.07, 6.45) is 6.67. The summed E-state index contributed by atoms with van der Waals surface area (Å²) < 4.78 is 24.9. The van der Waals surface area contributed by atoms with Crippen LogP contribution in [0.3, 0.4) is 0 Å². The second-order valence-corrected chi connectivity index (χ2v) is 10.3. The molecule has 0 aromatic heterocycles. The zero-order chi connectivity index (χ0) is 26.9. The number of benzene rings is 2. The summed E-state index contributed by atoms with van der Waals surface area (Å²) in [5.41, 5.74) is 0.609. The van der Waals surface area contributed by atoms with E-state index in [0.29, 0.717) is 62.1 Å². The number of carbonyl (C=O) groups excluding carboxylic acids is 2. The second kappa shape index (κ2) is 13.4. The Labute approximate surface area is 222 Å². The van der Waals surface area contributed by atoms with Crippen LogP contribution in [0, 0.1) is 17.7 Å². The third-order valence-electron chi connectivity index (χ3n) is 7.54. The molecule has 0 bridgehead atoms. The van der Waals surface area contributed by atoms with Gasteiger partial charge in [-0.25, -0.2) is 4.39 Å². The number of halogens is 1. The highest BCUT2D eigenvalue weighted by atomic mass is 19.1. The van der Waals surface area contributed by atoms with Crippen LogP contribution in [0.5, 0.6) is 11.5 Å². The normalized spacial score (nSPS) is 23.3. The minimum Gasteiger partial charge on any atom is -0.490 e. The molecule has 0 atom stereocenters. The monoisotopic (exact) mass is 525 g/mol. The first kappa shape index (κ1) is 27.6. The topological polar surface area (TPSA) is 102 Å². The maximum atomic E-state index is 13.0. The molecule has 0 spiro atoms. The Morgan fingerprint density at radius 1 is 0.763 bits per heavy atom. The van der Waals surface area contributed by atoms with Crippen LogP contribution in [0.15, 0.2) is 48.5 Å². The van der Waals surface area contributed by atoms with Crippen LogP contribution in [0.4, 0.5) is 4.39 Å². The fourth-order valence-electron chi connectivity index (χ4n) is 5.24. The molecular weight excluding hydrogens is 489 g/mol. The van der Waals surface area contributed by atoms with Crippen LogP contribution in [-0.2, 0) is 9.59 Å². The minimum absolute atomic E-state index is 0.00754. The number of ketones is 1. The molecule has 2 N–H and O–H groups in total. The molecule has 2 aromatic carbocycles. The number of ether oxygens (including phenoxy) is 2. The Kier molecular flexibility index (Phi) is 9.73. The van der Waals surface area contributed by atoms with Crippen molar-refractivity contribution in [1.82, 2.24) is 5.32 Å². The van der Waals surface area contributed by atoms with E-state index in [1.165, 1.54) is 12.1 Å². The van der Waals surface area contributed by atoms with Crippen molar-refractivity contribution in [3.05, 3.63) is 59.9 Å². The van der Waals surface area contributed by atoms with E-state index in [-0.39, 0.29) is 41.6 Å². The SMILES string of the molecule is O=C(CCCNC(=O)C1CCC(Oc2ccc(F)cc2)CC1)c1ccc(OC2CCC(C(=O)O)CC2)cc1. The molecule has 0 unspecified atom stereocenters. The van der Waals surface area contributed by atoms with Gasteiger partial charge in [0.05, 0.1) is 18.1 Å². The van der Waals surface area contributed by atoms with Gasteiger partial charge in [-0.05, 0) is 106 Å². The number of hydrogen-bond donors (Lipinski definition) is 2. The summed E-state index contributed by atoms with van der Waals surface area (Å²) in [4.78, 5) is 36.2. The molecule has 7 nitrogen and oxygen atoms in total. The van der Waals surface area contributed by atoms with E-state index in [1.54, 1.807) is 36.4 Å². The van der Waals surface area contributed by atoms with Crippen LogP contribution in [-0.4, -0.2) is 41.5 Å². The first-order chi connectivity index (χ1) is 18.4. The Bertz CT molecular complexity index is 1070. The Hall–Kier alpha value is -3.42. The molecule has 2 fully saturated rings. The number of Topliss-reactive ketones (excluding diaryl/α,β-unsaturated/α-hetero) is 1. The molecule has 2 aliphatic rings. The lowest BCUT2D eigenvalue weighted by Gasteiger charge is -2.28. The van der Waals surface area contributed by atoms with Crippen LogP contribution in [0.1, 0.15) is 74.6 Å². The maximum Gasteiger partial charge on any atom is 0.306 e. The zero-order valence-corrected chi connectivity index (χ0v) is 21.6. The Morgan fingerprint density at radius 2 is 1.26 bits per heavy atom. The van der Waals surface area contributed by atoms with Gasteiger partial charge in [0.15, 0.2) is 5.78 Å². The number of aliphatic carboxylic acids is 1. The lowest BCUT2D eigenvalue weighted by Crippen LogP contribution is -2.35. The van der Waals surface area contributed by atoms with Gasteiger partial charge in [0, 0.05) is 24.4 Å². The number of carboxylic acids is 1. The van der Waals surface area contributed by atoms with Gasteiger partial charge >= 0.3 is 5.97 Å². The average Bonchev–Trinajstić information content (AvgIpc) is 2.93. The summed E-state index contributed by atoms with van der Waals surface area (Å²) in [6.45, 7) is 0.455. The molecule has 38 heavy (non-hydrogen) atoms. The van der Waals surface area contributed by atoms with Crippen molar-refractivity contribution in [3.63, 3.8) is 0 Å². The fraction of sp³-hybridized carbons (Fsp3) is 0.500. The molecule has 2 aliphatic carbocycles. The van der Waals surface area contributed by atoms with Gasteiger partial charge in [-0.2, -0.15) is 0 Å². The van der Waals surface area contributed by atoms with Crippen LogP contribution < -0.4 is 14.8 Å². The first-order valence-electron chi connectivity index (χ1n) is 13.6. The molecule has 0 aliphatic heterocycles. The number of nitrogens with one attached hydrogen (secondary N) is 1. The van der Waals surface area contributed by atoms with Crippen molar-refractivity contribution in [2.24, 2.45) is 11.8 Å². The van der Waals surface area contributed by atoms with Gasteiger partial charge in [0.25, 0.3) is 0 Å². The van der Waals surface area contributed by atoms with E-state index >= 15 is 0 Å². The standard InChI is InChI=1S/C30H36FNO6/c31-23-9-17-27(18-10-23)38-25-13-5-21(6-14-25)29(34)32-19-1-2-28(33)20-3-11-24(12-4-20)37-26-15-7-22(8-16-26)30(35)36/h3-4,9-12,17-18,21-22,25-26H,1-2,5-8,13-16,19H2,(H,32,34)(H,35,36). The van der Waals surface area contributed by atoms with Crippen LogP contribution in [0.25, 0.3) is 0 Å². The lowest BCUT2D eigenvalue weighted by molar-refractivity contribution is -0.143. The molecule has 2 saturated carbocycles. The predicted octanol–water partition coefficient (Wildman–Crippen LogP) is 5.56. The zero-order valence-electron chi connectivity index (χ0n) is 21.6. The predicted molar refractivity (Wildman–Crippen MR) is 140 cm³/mol. The van der Waals surface area contributed by atoms with Gasteiger partial charge in [-0.1, -0.05) is 0 Å². The first-order valence-corrected chi connectivity index (χ1v) is 13.6. The van der Waals surface area contributed by atoms with Crippen molar-refractivity contribution in [2.75, 3.05) is 6.54 Å². The molecule has 1 amide bonds. The third kappa shape index (κ3) is 8.04. The van der Waals surface area contributed by atoms with Crippen molar-refractivity contribution >= 4 is 17.7 Å². The summed E-state index contributed by atoms with van der Waals surface area (Å²) in [5, 5.41) is 12.1. The largest absolute Gasteiger partial charge is 0.490 e. The Balaban J connectivity index is 1.10. The summed E-state index contributed by atoms with van der Waals surface area (Å²) >= 11 is 0. The highest BCUT2D eigenvalue weighted by molar-refractivity contribution is 5.96. The van der Waals surface area contributed by atoms with Gasteiger partial charge in [0.1, 0.15) is 17.3 Å². The highest BCUT2D eigenvalue weighted by Gasteiger charge is 2.28. The minimum atomic E-state index is -0.733. The number of carbonyl (C=O) groups is 3. The number of rotatable bonds is 11. The maximum absolute atomic E-state index is 13.0. The van der Waals surface area contributed by atoms with E-state index in [4.69, 9.17) is 14.6 Å². The number of amides is 1. The molecular formula is C30H36FNO6. The van der Waals surface area contributed by atoms with Crippen molar-refractivity contribution in [2.45, 2.75) is 76.4 Å². The van der Waals surface area contributed by atoms with E-state index in [1.807, 2.05) is 0 Å². The van der Waals surface area contributed by atoms with E-state index in [0.717, 1.165) is 25.7 Å². The second-order valence-electron chi connectivity index (χ2n) is 10.3. The fourth-order valence-corrected chi connectivity index (χ4v) is 5.24. The van der Waals surface area contributed by atoms with Gasteiger partial charge in [-0.15, -0.1) is 0 Å². The number of hydrogen-bond acceptors (Lipinski definition) is 5. The van der Waals surface area contributed by atoms with E-state index in [9.17, 15) is 18.8 Å². The van der Waals surface area contributed by atoms with Crippen molar-refractivity contribution in [3.8, 4) is 11.5 Å². The van der Waals surface area contributed by atoms with Gasteiger partial charge in [0.2, 0.25) is 5.91 Å². The van der Waals surface area contributed by atoms with E-state index < -0.39 is 5.97 Å². The lowest BCUT2D eigenvalue weighted by atomic mass is 9.86. The highest BCUT2D eigenvalue weighted by Crippen LogP contribution is 2.29. The van der Waals surface area contributed by atoms with Crippen molar-refractivity contribution in [1.29, 1.82) is 0 Å². The Morgan fingerprint density at radius 3 is 1.79 bits per heavy atom. The average molecular weight is 526 g/mol. The van der Waals surface area contributed by atoms with Crippen molar-refractivity contribution < 1.29 is 33.4 Å². The van der Waals surface area contributed by atoms with Crippen LogP contribution in [0.2, 0.25) is 0 Å². The van der Waals surface area contributed by atoms with Gasteiger partial charge < -0.3 is 19.9 Å².